The molecule has 2 N–H and O–H groups in total. The van der Waals surface area contributed by atoms with Gasteiger partial charge in [0, 0.05) is 24.2 Å². The number of hydrogen-bond acceptors (Lipinski definition) is 3. The van der Waals surface area contributed by atoms with Crippen LogP contribution in [0.4, 0.5) is 4.39 Å². The Balaban J connectivity index is 1.67. The number of rotatable bonds is 2. The van der Waals surface area contributed by atoms with E-state index in [1.165, 1.54) is 12.1 Å². The van der Waals surface area contributed by atoms with E-state index in [1.54, 1.807) is 18.3 Å². The molecule has 0 saturated carbocycles. The van der Waals surface area contributed by atoms with Crippen LogP contribution in [0.25, 0.3) is 11.3 Å². The van der Waals surface area contributed by atoms with E-state index in [0.29, 0.717) is 17.3 Å². The van der Waals surface area contributed by atoms with Gasteiger partial charge in [0.1, 0.15) is 5.82 Å². The molecule has 1 aromatic heterocycles. The summed E-state index contributed by atoms with van der Waals surface area (Å²) in [6, 6.07) is 6.68. The number of nitrogens with one attached hydrogen (secondary N) is 2. The van der Waals surface area contributed by atoms with Gasteiger partial charge in [-0.3, -0.25) is 9.89 Å². The minimum atomic E-state index is -0.294. The number of aromatic nitrogens is 2. The molecule has 6 heteroatoms. The minimum Gasteiger partial charge on any atom is -0.331 e. The first kappa shape index (κ1) is 14.4. The van der Waals surface area contributed by atoms with Gasteiger partial charge in [0.15, 0.2) is 0 Å². The lowest BCUT2D eigenvalue weighted by molar-refractivity contribution is 0.0681. The Bertz CT molecular complexity index is 698. The average Bonchev–Trinajstić information content (AvgIpc) is 3.11. The number of fused-ring (bicyclic) bond motifs is 2. The first-order valence-electron chi connectivity index (χ1n) is 8.07. The quantitative estimate of drug-likeness (QED) is 0.893. The van der Waals surface area contributed by atoms with Crippen LogP contribution in [-0.2, 0) is 0 Å². The van der Waals surface area contributed by atoms with Crippen LogP contribution in [0.2, 0.25) is 0 Å². The molecule has 1 aromatic carbocycles. The van der Waals surface area contributed by atoms with Gasteiger partial charge in [-0.05, 0) is 50.1 Å². The topological polar surface area (TPSA) is 61.0 Å². The number of amides is 1. The van der Waals surface area contributed by atoms with E-state index in [4.69, 9.17) is 0 Å². The van der Waals surface area contributed by atoms with Crippen molar-refractivity contribution in [1.82, 2.24) is 20.4 Å². The standard InChI is InChI=1S/C17H19FN4O/c18-12-3-1-11(2-4-12)16-15(10-20-21-16)17(23)22-13-5-6-14(22)9-19-8-7-13/h1-4,10,13-14,19H,5-9H2,(H,20,21). The predicted molar refractivity (Wildman–Crippen MR) is 84.4 cm³/mol. The van der Waals surface area contributed by atoms with Crippen LogP contribution in [0.15, 0.2) is 30.5 Å². The van der Waals surface area contributed by atoms with Crippen molar-refractivity contribution in [2.75, 3.05) is 13.1 Å². The zero-order valence-corrected chi connectivity index (χ0v) is 12.8. The van der Waals surface area contributed by atoms with Crippen LogP contribution in [-0.4, -0.2) is 46.2 Å². The van der Waals surface area contributed by atoms with Crippen molar-refractivity contribution in [3.05, 3.63) is 41.8 Å². The maximum atomic E-state index is 13.1. The summed E-state index contributed by atoms with van der Waals surface area (Å²) in [6.45, 7) is 1.81. The molecular formula is C17H19FN4O. The fraction of sp³-hybridized carbons (Fsp3) is 0.412. The van der Waals surface area contributed by atoms with Gasteiger partial charge in [-0.1, -0.05) is 0 Å². The fourth-order valence-electron chi connectivity index (χ4n) is 3.74. The van der Waals surface area contributed by atoms with E-state index in [-0.39, 0.29) is 17.8 Å². The van der Waals surface area contributed by atoms with Gasteiger partial charge in [0.05, 0.1) is 17.5 Å². The van der Waals surface area contributed by atoms with Crippen LogP contribution in [0.1, 0.15) is 29.6 Å². The molecule has 1 amide bonds. The third kappa shape index (κ3) is 2.53. The van der Waals surface area contributed by atoms with Gasteiger partial charge in [-0.15, -0.1) is 0 Å². The molecule has 4 rings (SSSR count). The van der Waals surface area contributed by atoms with Crippen molar-refractivity contribution >= 4 is 5.91 Å². The smallest absolute Gasteiger partial charge is 0.258 e. The van der Waals surface area contributed by atoms with Crippen LogP contribution in [0, 0.1) is 5.82 Å². The summed E-state index contributed by atoms with van der Waals surface area (Å²) < 4.78 is 13.1. The van der Waals surface area contributed by atoms with Gasteiger partial charge in [-0.25, -0.2) is 4.39 Å². The molecule has 2 bridgehead atoms. The number of carbonyl (C=O) groups is 1. The van der Waals surface area contributed by atoms with Crippen LogP contribution in [0.5, 0.6) is 0 Å². The van der Waals surface area contributed by atoms with Crippen molar-refractivity contribution in [2.24, 2.45) is 0 Å². The van der Waals surface area contributed by atoms with Crippen molar-refractivity contribution in [1.29, 1.82) is 0 Å². The molecule has 0 aliphatic carbocycles. The van der Waals surface area contributed by atoms with E-state index in [2.05, 4.69) is 15.5 Å². The highest BCUT2D eigenvalue weighted by Crippen LogP contribution is 2.31. The maximum absolute atomic E-state index is 13.1. The fourth-order valence-corrected chi connectivity index (χ4v) is 3.74. The van der Waals surface area contributed by atoms with Gasteiger partial charge in [0.25, 0.3) is 5.91 Å². The molecule has 2 saturated heterocycles. The molecule has 23 heavy (non-hydrogen) atoms. The second kappa shape index (κ2) is 5.77. The van der Waals surface area contributed by atoms with E-state index in [9.17, 15) is 9.18 Å². The molecule has 2 unspecified atom stereocenters. The third-order valence-corrected chi connectivity index (χ3v) is 4.89. The molecule has 2 aromatic rings. The number of benzene rings is 1. The van der Waals surface area contributed by atoms with Crippen molar-refractivity contribution in [3.8, 4) is 11.3 Å². The Labute approximate surface area is 133 Å². The monoisotopic (exact) mass is 314 g/mol. The minimum absolute atomic E-state index is 0.0225. The largest absolute Gasteiger partial charge is 0.331 e. The Morgan fingerprint density at radius 2 is 1.96 bits per heavy atom. The van der Waals surface area contributed by atoms with Crippen molar-refractivity contribution in [3.63, 3.8) is 0 Å². The summed E-state index contributed by atoms with van der Waals surface area (Å²) >= 11 is 0. The lowest BCUT2D eigenvalue weighted by Gasteiger charge is -2.27. The summed E-state index contributed by atoms with van der Waals surface area (Å²) in [5.74, 6) is -0.271. The summed E-state index contributed by atoms with van der Waals surface area (Å²) in [6.07, 6.45) is 4.69. The van der Waals surface area contributed by atoms with Crippen LogP contribution >= 0.6 is 0 Å². The first-order chi connectivity index (χ1) is 11.2. The predicted octanol–water partition coefficient (Wildman–Crippen LogP) is 2.18. The van der Waals surface area contributed by atoms with Gasteiger partial charge >= 0.3 is 0 Å². The third-order valence-electron chi connectivity index (χ3n) is 4.89. The molecule has 0 radical (unpaired) electrons. The highest BCUT2D eigenvalue weighted by Gasteiger charge is 2.39. The molecule has 5 nitrogen and oxygen atoms in total. The maximum Gasteiger partial charge on any atom is 0.258 e. The molecule has 2 fully saturated rings. The molecule has 3 heterocycles. The number of halogens is 1. The Morgan fingerprint density at radius 1 is 1.17 bits per heavy atom. The lowest BCUT2D eigenvalue weighted by Crippen LogP contribution is -2.42. The number of aromatic amines is 1. The molecule has 2 atom stereocenters. The Kier molecular flexibility index (Phi) is 3.61. The SMILES string of the molecule is O=C(c1cn[nH]c1-c1ccc(F)cc1)N1C2CCNCC1CC2. The number of nitrogens with zero attached hydrogens (tertiary/aromatic N) is 2. The lowest BCUT2D eigenvalue weighted by atomic mass is 10.1. The highest BCUT2D eigenvalue weighted by atomic mass is 19.1. The summed E-state index contributed by atoms with van der Waals surface area (Å²) in [4.78, 5) is 15.1. The zero-order chi connectivity index (χ0) is 15.8. The van der Waals surface area contributed by atoms with E-state index < -0.39 is 0 Å². The molecular weight excluding hydrogens is 295 g/mol. The highest BCUT2D eigenvalue weighted by molar-refractivity contribution is 6.00. The van der Waals surface area contributed by atoms with Gasteiger partial charge in [0.2, 0.25) is 0 Å². The molecule has 0 spiro atoms. The second-order valence-corrected chi connectivity index (χ2v) is 6.26. The summed E-state index contributed by atoms with van der Waals surface area (Å²) in [5, 5.41) is 10.3. The number of carbonyl (C=O) groups excluding carboxylic acids is 1. The van der Waals surface area contributed by atoms with E-state index in [1.807, 2.05) is 4.90 Å². The number of H-pyrrole nitrogens is 1. The molecule has 2 aliphatic heterocycles. The Morgan fingerprint density at radius 3 is 2.78 bits per heavy atom. The average molecular weight is 314 g/mol. The van der Waals surface area contributed by atoms with E-state index >= 15 is 0 Å². The first-order valence-corrected chi connectivity index (χ1v) is 8.07. The number of hydrogen-bond donors (Lipinski definition) is 2. The van der Waals surface area contributed by atoms with Crippen molar-refractivity contribution in [2.45, 2.75) is 31.3 Å². The van der Waals surface area contributed by atoms with Crippen LogP contribution in [0.3, 0.4) is 0 Å². The zero-order valence-electron chi connectivity index (χ0n) is 12.8. The second-order valence-electron chi connectivity index (χ2n) is 6.26. The van der Waals surface area contributed by atoms with Crippen molar-refractivity contribution < 1.29 is 9.18 Å². The molecule has 120 valence electrons. The summed E-state index contributed by atoms with van der Waals surface area (Å²) in [5.41, 5.74) is 1.99. The van der Waals surface area contributed by atoms with Gasteiger partial charge < -0.3 is 10.2 Å². The normalized spacial score (nSPS) is 23.8. The summed E-state index contributed by atoms with van der Waals surface area (Å²) in [7, 11) is 0. The molecule has 2 aliphatic rings. The van der Waals surface area contributed by atoms with Crippen LogP contribution < -0.4 is 5.32 Å². The van der Waals surface area contributed by atoms with Gasteiger partial charge in [-0.2, -0.15) is 5.10 Å². The van der Waals surface area contributed by atoms with E-state index in [0.717, 1.165) is 37.9 Å². The Hall–Kier alpha value is -2.21.